The third-order valence-corrected chi connectivity index (χ3v) is 2.93. The molecule has 0 saturated heterocycles. The van der Waals surface area contributed by atoms with Gasteiger partial charge in [0.05, 0.1) is 18.9 Å². The van der Waals surface area contributed by atoms with Crippen LogP contribution >= 0.6 is 0 Å². The molecule has 0 aliphatic heterocycles. The van der Waals surface area contributed by atoms with Crippen LogP contribution in [0.15, 0.2) is 53.6 Å². The van der Waals surface area contributed by atoms with Gasteiger partial charge in [-0.25, -0.2) is 15.0 Å². The average molecular weight is 297 g/mol. The summed E-state index contributed by atoms with van der Waals surface area (Å²) in [4.78, 5) is 22.3. The molecule has 0 fully saturated rings. The first kappa shape index (κ1) is 15.2. The molecule has 3 N–H and O–H groups in total. The minimum Gasteiger partial charge on any atom is -0.465 e. The number of esters is 1. The Balaban J connectivity index is 2.38. The fraction of sp³-hybridized carbons (Fsp3) is 0.0625. The van der Waals surface area contributed by atoms with Crippen LogP contribution in [-0.4, -0.2) is 25.3 Å². The van der Waals surface area contributed by atoms with E-state index in [0.717, 1.165) is 16.7 Å². The van der Waals surface area contributed by atoms with Gasteiger partial charge in [0.15, 0.2) is 0 Å². The van der Waals surface area contributed by atoms with Crippen molar-refractivity contribution in [1.29, 1.82) is 0 Å². The van der Waals surface area contributed by atoms with Crippen molar-refractivity contribution in [2.24, 2.45) is 10.8 Å². The highest BCUT2D eigenvalue weighted by Crippen LogP contribution is 2.23. The zero-order valence-corrected chi connectivity index (χ0v) is 11.9. The molecule has 6 heteroatoms. The maximum atomic E-state index is 11.6. The zero-order valence-electron chi connectivity index (χ0n) is 11.9. The van der Waals surface area contributed by atoms with Crippen LogP contribution in [0.1, 0.15) is 15.9 Å². The van der Waals surface area contributed by atoms with Gasteiger partial charge in [-0.05, 0) is 23.3 Å². The summed E-state index contributed by atoms with van der Waals surface area (Å²) in [6, 6.07) is 13.8. The number of amides is 2. The zero-order chi connectivity index (χ0) is 15.9. The van der Waals surface area contributed by atoms with E-state index in [4.69, 9.17) is 10.5 Å². The highest BCUT2D eigenvalue weighted by Gasteiger charge is 2.08. The summed E-state index contributed by atoms with van der Waals surface area (Å²) in [5.41, 5.74) is 10.0. The third-order valence-electron chi connectivity index (χ3n) is 2.93. The van der Waals surface area contributed by atoms with Crippen LogP contribution in [0.25, 0.3) is 11.1 Å². The maximum absolute atomic E-state index is 11.6. The van der Waals surface area contributed by atoms with Gasteiger partial charge in [0.1, 0.15) is 0 Å². The van der Waals surface area contributed by atoms with Crippen molar-refractivity contribution < 1.29 is 14.3 Å². The van der Waals surface area contributed by atoms with Gasteiger partial charge in [-0.3, -0.25) is 0 Å². The monoisotopic (exact) mass is 297 g/mol. The Morgan fingerprint density at radius 1 is 1.18 bits per heavy atom. The molecular weight excluding hydrogens is 282 g/mol. The molecule has 2 rings (SSSR count). The first-order valence-electron chi connectivity index (χ1n) is 6.48. The van der Waals surface area contributed by atoms with Gasteiger partial charge >= 0.3 is 12.0 Å². The third kappa shape index (κ3) is 3.69. The van der Waals surface area contributed by atoms with Crippen molar-refractivity contribution in [2.75, 3.05) is 7.11 Å². The van der Waals surface area contributed by atoms with Crippen LogP contribution in [0.2, 0.25) is 0 Å². The summed E-state index contributed by atoms with van der Waals surface area (Å²) in [5, 5.41) is 3.76. The van der Waals surface area contributed by atoms with Crippen LogP contribution in [-0.2, 0) is 4.74 Å². The minimum absolute atomic E-state index is 0.400. The number of hydrazone groups is 1. The number of nitrogens with one attached hydrogen (secondary N) is 1. The number of hydrogen-bond donors (Lipinski definition) is 2. The molecule has 2 amide bonds. The first-order chi connectivity index (χ1) is 10.6. The molecule has 112 valence electrons. The molecule has 0 saturated carbocycles. The van der Waals surface area contributed by atoms with Crippen LogP contribution in [0, 0.1) is 0 Å². The van der Waals surface area contributed by atoms with E-state index in [-0.39, 0.29) is 0 Å². The molecule has 0 aliphatic carbocycles. The van der Waals surface area contributed by atoms with E-state index in [1.807, 2.05) is 30.3 Å². The Labute approximate surface area is 127 Å². The number of primary amides is 1. The quantitative estimate of drug-likeness (QED) is 0.514. The van der Waals surface area contributed by atoms with Gasteiger partial charge < -0.3 is 10.5 Å². The van der Waals surface area contributed by atoms with E-state index in [1.54, 1.807) is 18.2 Å². The Hall–Kier alpha value is -3.15. The lowest BCUT2D eigenvalue weighted by Crippen LogP contribution is -2.24. The number of carbonyl (C=O) groups excluding carboxylic acids is 2. The van der Waals surface area contributed by atoms with Crippen LogP contribution in [0.3, 0.4) is 0 Å². The predicted molar refractivity (Wildman–Crippen MR) is 83.5 cm³/mol. The van der Waals surface area contributed by atoms with Crippen molar-refractivity contribution in [3.8, 4) is 11.1 Å². The molecule has 2 aromatic rings. The van der Waals surface area contributed by atoms with E-state index in [9.17, 15) is 9.59 Å². The van der Waals surface area contributed by atoms with Gasteiger partial charge in [-0.2, -0.15) is 5.10 Å². The summed E-state index contributed by atoms with van der Waals surface area (Å²) in [6.07, 6.45) is 1.49. The molecule has 0 heterocycles. The highest BCUT2D eigenvalue weighted by atomic mass is 16.5. The van der Waals surface area contributed by atoms with E-state index in [2.05, 4.69) is 10.5 Å². The Bertz CT molecular complexity index is 726. The normalized spacial score (nSPS) is 10.4. The van der Waals surface area contributed by atoms with E-state index in [1.165, 1.54) is 13.3 Å². The molecule has 0 aliphatic rings. The SMILES string of the molecule is COC(=O)c1cccc(-c2ccccc2C=NNC(N)=O)c1. The second-order valence-electron chi connectivity index (χ2n) is 4.39. The Kier molecular flexibility index (Phi) is 4.87. The number of urea groups is 1. The van der Waals surface area contributed by atoms with Crippen molar-refractivity contribution >= 4 is 18.2 Å². The topological polar surface area (TPSA) is 93.8 Å². The lowest BCUT2D eigenvalue weighted by atomic mass is 9.98. The molecule has 0 bridgehead atoms. The van der Waals surface area contributed by atoms with E-state index >= 15 is 0 Å². The number of hydrogen-bond acceptors (Lipinski definition) is 4. The summed E-state index contributed by atoms with van der Waals surface area (Å²) < 4.78 is 4.72. The summed E-state index contributed by atoms with van der Waals surface area (Å²) in [5.74, 6) is -0.400. The number of carbonyl (C=O) groups is 2. The maximum Gasteiger partial charge on any atom is 0.337 e. The summed E-state index contributed by atoms with van der Waals surface area (Å²) in [6.45, 7) is 0. The molecule has 2 aromatic carbocycles. The van der Waals surface area contributed by atoms with Gasteiger partial charge in [0.2, 0.25) is 0 Å². The van der Waals surface area contributed by atoms with Gasteiger partial charge in [-0.15, -0.1) is 0 Å². The number of rotatable bonds is 4. The average Bonchev–Trinajstić information content (AvgIpc) is 2.54. The van der Waals surface area contributed by atoms with Crippen LogP contribution < -0.4 is 11.2 Å². The van der Waals surface area contributed by atoms with Gasteiger partial charge in [0, 0.05) is 5.56 Å². The molecule has 0 aromatic heterocycles. The number of benzene rings is 2. The smallest absolute Gasteiger partial charge is 0.337 e. The molecule has 6 nitrogen and oxygen atoms in total. The fourth-order valence-electron chi connectivity index (χ4n) is 1.97. The van der Waals surface area contributed by atoms with Gasteiger partial charge in [0.25, 0.3) is 0 Å². The van der Waals surface area contributed by atoms with E-state index in [0.29, 0.717) is 5.56 Å². The van der Waals surface area contributed by atoms with E-state index < -0.39 is 12.0 Å². The van der Waals surface area contributed by atoms with Crippen molar-refractivity contribution in [1.82, 2.24) is 5.43 Å². The lowest BCUT2D eigenvalue weighted by molar-refractivity contribution is 0.0601. The van der Waals surface area contributed by atoms with Crippen LogP contribution in [0.5, 0.6) is 0 Å². The number of nitrogens with two attached hydrogens (primary N) is 1. The number of ether oxygens (including phenoxy) is 1. The Morgan fingerprint density at radius 2 is 1.95 bits per heavy atom. The first-order valence-corrected chi connectivity index (χ1v) is 6.48. The molecule has 0 radical (unpaired) electrons. The fourth-order valence-corrected chi connectivity index (χ4v) is 1.97. The second kappa shape index (κ2) is 7.03. The summed E-state index contributed by atoms with van der Waals surface area (Å²) >= 11 is 0. The molecule has 22 heavy (non-hydrogen) atoms. The minimum atomic E-state index is -0.735. The molecule has 0 unspecified atom stereocenters. The molecular formula is C16H15N3O3. The van der Waals surface area contributed by atoms with Gasteiger partial charge in [-0.1, -0.05) is 36.4 Å². The van der Waals surface area contributed by atoms with Crippen molar-refractivity contribution in [3.63, 3.8) is 0 Å². The predicted octanol–water partition coefficient (Wildman–Crippen LogP) is 2.14. The molecule has 0 atom stereocenters. The largest absolute Gasteiger partial charge is 0.465 e. The lowest BCUT2D eigenvalue weighted by Gasteiger charge is -2.07. The highest BCUT2D eigenvalue weighted by molar-refractivity contribution is 5.94. The standard InChI is InChI=1S/C16H15N3O3/c1-22-15(20)12-7-4-6-11(9-12)14-8-3-2-5-13(14)10-18-19-16(17)21/h2-10H,1H3,(H3,17,19,21). The van der Waals surface area contributed by atoms with Crippen molar-refractivity contribution in [2.45, 2.75) is 0 Å². The van der Waals surface area contributed by atoms with Crippen molar-refractivity contribution in [3.05, 3.63) is 59.7 Å². The van der Waals surface area contributed by atoms with Crippen LogP contribution in [0.4, 0.5) is 4.79 Å². The summed E-state index contributed by atoms with van der Waals surface area (Å²) in [7, 11) is 1.34. The Morgan fingerprint density at radius 3 is 2.68 bits per heavy atom. The number of methoxy groups -OCH3 is 1. The number of nitrogens with zero attached hydrogens (tertiary/aromatic N) is 1. The second-order valence-corrected chi connectivity index (χ2v) is 4.39. The molecule has 0 spiro atoms.